The Hall–Kier alpha value is -1.61. The van der Waals surface area contributed by atoms with Gasteiger partial charge >= 0.3 is 0 Å². The average molecular weight is 318 g/mol. The van der Waals surface area contributed by atoms with Crippen LogP contribution in [0.1, 0.15) is 28.4 Å². The molecule has 0 aliphatic carbocycles. The van der Waals surface area contributed by atoms with Crippen LogP contribution in [0.15, 0.2) is 53.0 Å². The van der Waals surface area contributed by atoms with Gasteiger partial charge in [0.15, 0.2) is 0 Å². The number of hydrogen-bond acceptors (Lipinski definition) is 1. The molecule has 0 spiro atoms. The third-order valence-corrected chi connectivity index (χ3v) is 3.69. The van der Waals surface area contributed by atoms with Gasteiger partial charge in [0.25, 0.3) is 5.91 Å². The van der Waals surface area contributed by atoms with Gasteiger partial charge in [0.1, 0.15) is 0 Å². The molecular weight excluding hydrogens is 302 g/mol. The third kappa shape index (κ3) is 3.67. The van der Waals surface area contributed by atoms with Crippen molar-refractivity contribution in [1.29, 1.82) is 0 Å². The summed E-state index contributed by atoms with van der Waals surface area (Å²) in [6.45, 7) is 2.67. The Bertz CT molecular complexity index is 563. The first-order valence-electron chi connectivity index (χ1n) is 6.31. The molecule has 0 bridgehead atoms. The summed E-state index contributed by atoms with van der Waals surface area (Å²) in [4.78, 5) is 12.0. The van der Waals surface area contributed by atoms with Crippen LogP contribution in [0.5, 0.6) is 0 Å². The van der Waals surface area contributed by atoms with E-state index in [0.29, 0.717) is 12.1 Å². The van der Waals surface area contributed by atoms with Crippen molar-refractivity contribution in [1.82, 2.24) is 5.32 Å². The van der Waals surface area contributed by atoms with Crippen LogP contribution in [0.3, 0.4) is 0 Å². The molecular formula is C16H16BrNO. The highest BCUT2D eigenvalue weighted by molar-refractivity contribution is 9.10. The minimum absolute atomic E-state index is 0.0629. The van der Waals surface area contributed by atoms with Gasteiger partial charge in [0.05, 0.1) is 5.56 Å². The Labute approximate surface area is 122 Å². The zero-order valence-corrected chi connectivity index (χ0v) is 12.4. The first-order valence-corrected chi connectivity index (χ1v) is 7.10. The molecule has 0 aliphatic rings. The Morgan fingerprint density at radius 3 is 2.32 bits per heavy atom. The topological polar surface area (TPSA) is 29.1 Å². The summed E-state index contributed by atoms with van der Waals surface area (Å²) in [5.74, 6) is -0.0629. The Morgan fingerprint density at radius 1 is 1.05 bits per heavy atom. The van der Waals surface area contributed by atoms with Crippen molar-refractivity contribution in [2.75, 3.05) is 0 Å². The number of carbonyl (C=O) groups excluding carboxylic acids is 1. The second kappa shape index (κ2) is 6.53. The average Bonchev–Trinajstić information content (AvgIpc) is 2.46. The highest BCUT2D eigenvalue weighted by Gasteiger charge is 2.08. The molecule has 0 fully saturated rings. The molecule has 2 aromatic carbocycles. The van der Waals surface area contributed by atoms with E-state index in [0.717, 1.165) is 16.5 Å². The summed E-state index contributed by atoms with van der Waals surface area (Å²) in [5.41, 5.74) is 3.08. The molecule has 3 heteroatoms. The van der Waals surface area contributed by atoms with Gasteiger partial charge in [-0.3, -0.25) is 4.79 Å². The van der Waals surface area contributed by atoms with Gasteiger partial charge in [-0.25, -0.2) is 0 Å². The molecule has 1 amide bonds. The standard InChI is InChI=1S/C16H16BrNO/c1-2-12-7-9-13(10-8-12)11-18-16(19)14-5-3-4-6-15(14)17/h3-10H,2,11H2,1H3,(H,18,19). The summed E-state index contributed by atoms with van der Waals surface area (Å²) in [6.07, 6.45) is 1.03. The van der Waals surface area contributed by atoms with Crippen LogP contribution in [-0.2, 0) is 13.0 Å². The number of halogens is 1. The number of amides is 1. The van der Waals surface area contributed by atoms with E-state index in [4.69, 9.17) is 0 Å². The molecule has 0 saturated carbocycles. The van der Waals surface area contributed by atoms with Crippen molar-refractivity contribution in [3.8, 4) is 0 Å². The maximum Gasteiger partial charge on any atom is 0.252 e. The predicted molar refractivity (Wildman–Crippen MR) is 81.1 cm³/mol. The molecule has 98 valence electrons. The van der Waals surface area contributed by atoms with Crippen LogP contribution < -0.4 is 5.32 Å². The van der Waals surface area contributed by atoms with Gasteiger partial charge in [0, 0.05) is 11.0 Å². The maximum atomic E-state index is 12.0. The molecule has 0 aliphatic heterocycles. The SMILES string of the molecule is CCc1ccc(CNC(=O)c2ccccc2Br)cc1. The van der Waals surface area contributed by atoms with Crippen LogP contribution in [0, 0.1) is 0 Å². The van der Waals surface area contributed by atoms with Crippen molar-refractivity contribution in [2.45, 2.75) is 19.9 Å². The third-order valence-electron chi connectivity index (χ3n) is 3.00. The van der Waals surface area contributed by atoms with Crippen molar-refractivity contribution in [3.63, 3.8) is 0 Å². The summed E-state index contributed by atoms with van der Waals surface area (Å²) in [7, 11) is 0. The van der Waals surface area contributed by atoms with Crippen molar-refractivity contribution < 1.29 is 4.79 Å². The predicted octanol–water partition coefficient (Wildman–Crippen LogP) is 3.94. The van der Waals surface area contributed by atoms with Gasteiger partial charge in [-0.2, -0.15) is 0 Å². The van der Waals surface area contributed by atoms with Gasteiger partial charge in [-0.15, -0.1) is 0 Å². The number of hydrogen-bond donors (Lipinski definition) is 1. The zero-order chi connectivity index (χ0) is 13.7. The summed E-state index contributed by atoms with van der Waals surface area (Å²) in [6, 6.07) is 15.7. The van der Waals surface area contributed by atoms with E-state index in [1.807, 2.05) is 18.2 Å². The molecule has 2 rings (SSSR count). The summed E-state index contributed by atoms with van der Waals surface area (Å²) >= 11 is 3.38. The fraction of sp³-hybridized carbons (Fsp3) is 0.188. The lowest BCUT2D eigenvalue weighted by molar-refractivity contribution is 0.0950. The lowest BCUT2D eigenvalue weighted by Gasteiger charge is -2.07. The molecule has 2 aromatic rings. The highest BCUT2D eigenvalue weighted by Crippen LogP contribution is 2.15. The summed E-state index contributed by atoms with van der Waals surface area (Å²) < 4.78 is 0.814. The molecule has 0 heterocycles. The second-order valence-corrected chi connectivity index (χ2v) is 5.19. The van der Waals surface area contributed by atoms with E-state index >= 15 is 0 Å². The van der Waals surface area contributed by atoms with Gasteiger partial charge in [-0.1, -0.05) is 43.3 Å². The normalized spacial score (nSPS) is 10.2. The van der Waals surface area contributed by atoms with Crippen LogP contribution >= 0.6 is 15.9 Å². The van der Waals surface area contributed by atoms with Crippen LogP contribution in [0.25, 0.3) is 0 Å². The Morgan fingerprint density at radius 2 is 1.68 bits per heavy atom. The second-order valence-electron chi connectivity index (χ2n) is 4.33. The smallest absolute Gasteiger partial charge is 0.252 e. The fourth-order valence-corrected chi connectivity index (χ4v) is 2.28. The lowest BCUT2D eigenvalue weighted by atomic mass is 10.1. The lowest BCUT2D eigenvalue weighted by Crippen LogP contribution is -2.23. The van der Waals surface area contributed by atoms with Gasteiger partial charge in [0.2, 0.25) is 0 Å². The molecule has 0 saturated heterocycles. The largest absolute Gasteiger partial charge is 0.348 e. The van der Waals surface area contributed by atoms with Crippen LogP contribution in [0.4, 0.5) is 0 Å². The van der Waals surface area contributed by atoms with Crippen LogP contribution in [0.2, 0.25) is 0 Å². The monoisotopic (exact) mass is 317 g/mol. The molecule has 0 radical (unpaired) electrons. The minimum atomic E-state index is -0.0629. The first-order chi connectivity index (χ1) is 9.20. The van der Waals surface area contributed by atoms with Crippen LogP contribution in [-0.4, -0.2) is 5.91 Å². The molecule has 1 N–H and O–H groups in total. The van der Waals surface area contributed by atoms with Crippen molar-refractivity contribution in [3.05, 3.63) is 69.7 Å². The quantitative estimate of drug-likeness (QED) is 0.909. The van der Waals surface area contributed by atoms with Gasteiger partial charge in [-0.05, 0) is 45.6 Å². The minimum Gasteiger partial charge on any atom is -0.348 e. The number of rotatable bonds is 4. The van der Waals surface area contributed by atoms with Crippen molar-refractivity contribution >= 4 is 21.8 Å². The van der Waals surface area contributed by atoms with Gasteiger partial charge < -0.3 is 5.32 Å². The summed E-state index contributed by atoms with van der Waals surface area (Å²) in [5, 5.41) is 2.92. The maximum absolute atomic E-state index is 12.0. The van der Waals surface area contributed by atoms with E-state index < -0.39 is 0 Å². The molecule has 19 heavy (non-hydrogen) atoms. The van der Waals surface area contributed by atoms with E-state index in [9.17, 15) is 4.79 Å². The number of carbonyl (C=O) groups is 1. The van der Waals surface area contributed by atoms with E-state index in [-0.39, 0.29) is 5.91 Å². The highest BCUT2D eigenvalue weighted by atomic mass is 79.9. The first kappa shape index (κ1) is 13.8. The van der Waals surface area contributed by atoms with E-state index in [1.165, 1.54) is 5.56 Å². The van der Waals surface area contributed by atoms with Crippen molar-refractivity contribution in [2.24, 2.45) is 0 Å². The Kier molecular flexibility index (Phi) is 4.74. The van der Waals surface area contributed by atoms with E-state index in [2.05, 4.69) is 52.4 Å². The fourth-order valence-electron chi connectivity index (χ4n) is 1.82. The molecule has 0 unspecified atom stereocenters. The Balaban J connectivity index is 1.98. The number of nitrogens with one attached hydrogen (secondary N) is 1. The molecule has 2 nitrogen and oxygen atoms in total. The molecule has 0 atom stereocenters. The number of benzene rings is 2. The zero-order valence-electron chi connectivity index (χ0n) is 10.8. The molecule has 0 aromatic heterocycles. The van der Waals surface area contributed by atoms with E-state index in [1.54, 1.807) is 6.07 Å². The number of aryl methyl sites for hydroxylation is 1.